The zero-order valence-corrected chi connectivity index (χ0v) is 11.5. The number of nitrogens with two attached hydrogens (primary N) is 1. The van der Waals surface area contributed by atoms with Crippen LogP contribution in [0.3, 0.4) is 0 Å². The van der Waals surface area contributed by atoms with Crippen molar-refractivity contribution < 1.29 is 13.6 Å². The number of halogens is 3. The molecule has 1 aromatic rings. The van der Waals surface area contributed by atoms with Crippen molar-refractivity contribution >= 4 is 18.3 Å². The summed E-state index contributed by atoms with van der Waals surface area (Å²) in [5.74, 6) is -3.72. The smallest absolute Gasteiger partial charge is 0.277 e. The lowest BCUT2D eigenvalue weighted by Crippen LogP contribution is -2.41. The van der Waals surface area contributed by atoms with Gasteiger partial charge < -0.3 is 11.1 Å². The lowest BCUT2D eigenvalue weighted by molar-refractivity contribution is 0.0118. The molecule has 0 aliphatic rings. The summed E-state index contributed by atoms with van der Waals surface area (Å²) in [4.78, 5) is 19.5. The van der Waals surface area contributed by atoms with Gasteiger partial charge in [0, 0.05) is 6.20 Å². The highest BCUT2D eigenvalue weighted by atomic mass is 35.5. The van der Waals surface area contributed by atoms with Gasteiger partial charge in [-0.15, -0.1) is 12.4 Å². The molecule has 0 aliphatic heterocycles. The normalized spacial score (nSPS) is 11.1. The van der Waals surface area contributed by atoms with Crippen LogP contribution in [-0.4, -0.2) is 34.9 Å². The van der Waals surface area contributed by atoms with E-state index in [4.69, 9.17) is 5.73 Å². The molecule has 0 unspecified atom stereocenters. The van der Waals surface area contributed by atoms with Crippen LogP contribution >= 0.6 is 12.4 Å². The van der Waals surface area contributed by atoms with Crippen molar-refractivity contribution in [3.8, 4) is 0 Å². The predicted octanol–water partition coefficient (Wildman–Crippen LogP) is 1.35. The van der Waals surface area contributed by atoms with Gasteiger partial charge in [0.05, 0.1) is 24.3 Å². The largest absolute Gasteiger partial charge is 0.346 e. The molecule has 8 heteroatoms. The molecule has 1 rings (SSSR count). The number of alkyl halides is 2. The van der Waals surface area contributed by atoms with Gasteiger partial charge >= 0.3 is 0 Å². The first-order chi connectivity index (χ1) is 8.37. The number of rotatable bonds is 5. The summed E-state index contributed by atoms with van der Waals surface area (Å²) in [6.45, 7) is 2.10. The highest BCUT2D eigenvalue weighted by Gasteiger charge is 2.28. The topological polar surface area (TPSA) is 80.9 Å². The molecule has 0 radical (unpaired) electrons. The number of nitrogens with zero attached hydrogens (tertiary/aromatic N) is 2. The molecule has 0 saturated carbocycles. The van der Waals surface area contributed by atoms with Crippen molar-refractivity contribution in [1.82, 2.24) is 15.3 Å². The zero-order chi connectivity index (χ0) is 13.8. The van der Waals surface area contributed by atoms with Gasteiger partial charge in [-0.1, -0.05) is 13.8 Å². The third-order valence-corrected chi connectivity index (χ3v) is 2.34. The van der Waals surface area contributed by atoms with Crippen LogP contribution in [0.25, 0.3) is 0 Å². The Kier molecular flexibility index (Phi) is 6.78. The third kappa shape index (κ3) is 5.04. The summed E-state index contributed by atoms with van der Waals surface area (Å²) in [7, 11) is 0. The van der Waals surface area contributed by atoms with E-state index in [0.717, 1.165) is 0 Å². The maximum absolute atomic E-state index is 12.9. The van der Waals surface area contributed by atoms with Crippen LogP contribution in [0.15, 0.2) is 12.5 Å². The van der Waals surface area contributed by atoms with Crippen LogP contribution in [0.5, 0.6) is 0 Å². The monoisotopic (exact) mass is 294 g/mol. The average Bonchev–Trinajstić information content (AvgIpc) is 2.36. The zero-order valence-electron chi connectivity index (χ0n) is 10.7. The Bertz CT molecular complexity index is 429. The molecular formula is C11H17ClF2N4O. The fourth-order valence-electron chi connectivity index (χ4n) is 1.35. The van der Waals surface area contributed by atoms with E-state index in [-0.39, 0.29) is 23.9 Å². The molecule has 0 aromatic carbocycles. The molecule has 0 spiro atoms. The Morgan fingerprint density at radius 3 is 2.68 bits per heavy atom. The summed E-state index contributed by atoms with van der Waals surface area (Å²) in [5.41, 5.74) is 5.62. The van der Waals surface area contributed by atoms with E-state index in [1.807, 2.05) is 13.8 Å². The molecule has 0 aliphatic carbocycles. The second-order valence-corrected chi connectivity index (χ2v) is 4.22. The van der Waals surface area contributed by atoms with E-state index in [1.165, 1.54) is 12.5 Å². The molecule has 19 heavy (non-hydrogen) atoms. The number of nitrogens with one attached hydrogen (secondary N) is 1. The summed E-state index contributed by atoms with van der Waals surface area (Å²) in [6.07, 6.45) is 2.64. The molecule has 3 N–H and O–H groups in total. The van der Waals surface area contributed by atoms with E-state index in [9.17, 15) is 13.6 Å². The molecule has 5 nitrogen and oxygen atoms in total. The highest BCUT2D eigenvalue weighted by molar-refractivity contribution is 5.95. The van der Waals surface area contributed by atoms with Gasteiger partial charge in [0.25, 0.3) is 11.8 Å². The third-order valence-electron chi connectivity index (χ3n) is 2.34. The molecule has 0 bridgehead atoms. The number of aromatic nitrogens is 2. The molecule has 1 heterocycles. The highest BCUT2D eigenvalue weighted by Crippen LogP contribution is 2.16. The minimum absolute atomic E-state index is 0. The Balaban J connectivity index is 0.00000324. The van der Waals surface area contributed by atoms with Gasteiger partial charge in [0.2, 0.25) is 0 Å². The molecule has 0 fully saturated rings. The van der Waals surface area contributed by atoms with E-state index in [1.54, 1.807) is 0 Å². The van der Waals surface area contributed by atoms with Crippen LogP contribution < -0.4 is 11.1 Å². The van der Waals surface area contributed by atoms with Crippen LogP contribution in [0.4, 0.5) is 8.78 Å². The first-order valence-electron chi connectivity index (χ1n) is 5.53. The van der Waals surface area contributed by atoms with Crippen LogP contribution in [0.2, 0.25) is 0 Å². The summed E-state index contributed by atoms with van der Waals surface area (Å²) < 4.78 is 25.8. The number of amides is 1. The molecule has 1 aromatic heterocycles. The van der Waals surface area contributed by atoms with Crippen LogP contribution in [-0.2, 0) is 0 Å². The van der Waals surface area contributed by atoms with Crippen molar-refractivity contribution in [2.45, 2.75) is 25.7 Å². The number of hydrogen-bond donors (Lipinski definition) is 2. The van der Waals surface area contributed by atoms with Gasteiger partial charge in [0.15, 0.2) is 0 Å². The van der Waals surface area contributed by atoms with Gasteiger partial charge in [-0.2, -0.15) is 0 Å². The van der Waals surface area contributed by atoms with Gasteiger partial charge in [-0.3, -0.25) is 4.79 Å². The molecule has 0 atom stereocenters. The first kappa shape index (κ1) is 17.7. The van der Waals surface area contributed by atoms with E-state index in [0.29, 0.717) is 5.69 Å². The lowest BCUT2D eigenvalue weighted by Gasteiger charge is -2.15. The quantitative estimate of drug-likeness (QED) is 0.859. The molecular weight excluding hydrogens is 278 g/mol. The van der Waals surface area contributed by atoms with Gasteiger partial charge in [-0.25, -0.2) is 18.7 Å². The van der Waals surface area contributed by atoms with E-state index < -0.39 is 24.9 Å². The lowest BCUT2D eigenvalue weighted by atomic mass is 10.0. The van der Waals surface area contributed by atoms with Crippen molar-refractivity contribution in [3.63, 3.8) is 0 Å². The average molecular weight is 295 g/mol. The van der Waals surface area contributed by atoms with Gasteiger partial charge in [-0.05, 0) is 5.92 Å². The summed E-state index contributed by atoms with van der Waals surface area (Å²) in [6, 6.07) is 0. The Morgan fingerprint density at radius 2 is 2.16 bits per heavy atom. The van der Waals surface area contributed by atoms with Crippen LogP contribution in [0, 0.1) is 0 Å². The maximum atomic E-state index is 12.9. The standard InChI is InChI=1S/C11H16F2N4O.ClH/c1-7(2)9-8(3-15-6-17-9)10(18)16-5-11(12,13)4-14;/h3,6-7H,4-5,14H2,1-2H3,(H,16,18);1H. The predicted molar refractivity (Wildman–Crippen MR) is 69.7 cm³/mol. The van der Waals surface area contributed by atoms with Crippen molar-refractivity contribution in [2.75, 3.05) is 13.1 Å². The number of carbonyl (C=O) groups is 1. The minimum atomic E-state index is -3.11. The maximum Gasteiger partial charge on any atom is 0.277 e. The number of carbonyl (C=O) groups excluding carboxylic acids is 1. The second kappa shape index (κ2) is 7.30. The minimum Gasteiger partial charge on any atom is -0.346 e. The Morgan fingerprint density at radius 1 is 1.53 bits per heavy atom. The molecule has 0 saturated heterocycles. The Labute approximate surface area is 116 Å². The summed E-state index contributed by atoms with van der Waals surface area (Å²) >= 11 is 0. The van der Waals surface area contributed by atoms with Crippen molar-refractivity contribution in [1.29, 1.82) is 0 Å². The van der Waals surface area contributed by atoms with Crippen molar-refractivity contribution in [3.05, 3.63) is 23.8 Å². The van der Waals surface area contributed by atoms with Crippen molar-refractivity contribution in [2.24, 2.45) is 5.73 Å². The van der Waals surface area contributed by atoms with Gasteiger partial charge in [0.1, 0.15) is 6.33 Å². The SMILES string of the molecule is CC(C)c1ncncc1C(=O)NCC(F)(F)CN.Cl. The fourth-order valence-corrected chi connectivity index (χ4v) is 1.35. The number of hydrogen-bond acceptors (Lipinski definition) is 4. The Hall–Kier alpha value is -1.34. The van der Waals surface area contributed by atoms with E-state index in [2.05, 4.69) is 15.3 Å². The molecule has 108 valence electrons. The van der Waals surface area contributed by atoms with Crippen LogP contribution in [0.1, 0.15) is 35.8 Å². The second-order valence-electron chi connectivity index (χ2n) is 4.22. The molecule has 1 amide bonds. The first-order valence-corrected chi connectivity index (χ1v) is 5.53. The summed E-state index contributed by atoms with van der Waals surface area (Å²) in [5, 5.41) is 2.14. The fraction of sp³-hybridized carbons (Fsp3) is 0.545. The van der Waals surface area contributed by atoms with E-state index >= 15 is 0 Å².